The molecule has 2 heterocycles. The second-order valence-electron chi connectivity index (χ2n) is 8.04. The predicted octanol–water partition coefficient (Wildman–Crippen LogP) is 0.844. The second kappa shape index (κ2) is 3.42. The predicted molar refractivity (Wildman–Crippen MR) is 72.1 cm³/mol. The zero-order chi connectivity index (χ0) is 14.6. The Morgan fingerprint density at radius 3 is 2.90 bits per heavy atom. The van der Waals surface area contributed by atoms with Crippen LogP contribution in [-0.2, 0) is 14.4 Å². The first kappa shape index (κ1) is 12.7. The van der Waals surface area contributed by atoms with Gasteiger partial charge in [-0.25, -0.2) is 0 Å². The smallest absolute Gasteiger partial charge is 0.144 e. The van der Waals surface area contributed by atoms with E-state index in [4.69, 9.17) is 4.84 Å². The van der Waals surface area contributed by atoms with E-state index in [1.54, 1.807) is 6.92 Å². The number of carbonyl (C=O) groups is 2. The van der Waals surface area contributed by atoms with Crippen LogP contribution in [0.3, 0.4) is 0 Å². The molecule has 5 nitrogen and oxygen atoms in total. The standard InChI is InChI=1S/C16H21NO4/c1-14(20)7-9-6-11(18)16-10(17-5-3-13(16)21-17)2-4-15(9,16)12(19)8-14/h9-10,13,20H,2-8H2,1H3/t9?,10?,13?,14?,15-,16+/m1/s1. The first-order valence-corrected chi connectivity index (χ1v) is 8.14. The summed E-state index contributed by atoms with van der Waals surface area (Å²) in [5.41, 5.74) is -2.09. The molecule has 3 aliphatic carbocycles. The monoisotopic (exact) mass is 291 g/mol. The van der Waals surface area contributed by atoms with E-state index in [9.17, 15) is 14.7 Å². The molecule has 0 amide bonds. The molecule has 5 rings (SSSR count). The number of hydroxylamine groups is 2. The first-order chi connectivity index (χ1) is 9.92. The minimum Gasteiger partial charge on any atom is -0.390 e. The molecule has 5 heteroatoms. The van der Waals surface area contributed by atoms with Gasteiger partial charge in [-0.05, 0) is 38.5 Å². The maximum absolute atomic E-state index is 13.1. The van der Waals surface area contributed by atoms with E-state index in [1.165, 1.54) is 0 Å². The molecule has 0 aromatic rings. The van der Waals surface area contributed by atoms with Crippen LogP contribution in [0.5, 0.6) is 0 Å². The van der Waals surface area contributed by atoms with Gasteiger partial charge in [-0.3, -0.25) is 14.4 Å². The van der Waals surface area contributed by atoms with Crippen molar-refractivity contribution in [2.75, 3.05) is 6.54 Å². The lowest BCUT2D eigenvalue weighted by Gasteiger charge is -2.49. The van der Waals surface area contributed by atoms with Crippen LogP contribution in [0.4, 0.5) is 0 Å². The van der Waals surface area contributed by atoms with E-state index < -0.39 is 16.4 Å². The van der Waals surface area contributed by atoms with Crippen molar-refractivity contribution in [1.82, 2.24) is 5.06 Å². The summed E-state index contributed by atoms with van der Waals surface area (Å²) in [6, 6.07) is 0.0979. The number of hydrogen-bond donors (Lipinski definition) is 1. The van der Waals surface area contributed by atoms with E-state index in [0.29, 0.717) is 12.8 Å². The molecule has 7 atom stereocenters. The number of ketones is 2. The Kier molecular flexibility index (Phi) is 2.07. The van der Waals surface area contributed by atoms with Crippen molar-refractivity contribution in [2.24, 2.45) is 16.7 Å². The van der Waals surface area contributed by atoms with Crippen LogP contribution in [0.25, 0.3) is 0 Å². The van der Waals surface area contributed by atoms with Gasteiger partial charge in [0, 0.05) is 24.8 Å². The van der Waals surface area contributed by atoms with Crippen LogP contribution in [0.15, 0.2) is 0 Å². The zero-order valence-corrected chi connectivity index (χ0v) is 12.3. The molecule has 2 aliphatic heterocycles. The fraction of sp³-hybridized carbons (Fsp3) is 0.875. The maximum Gasteiger partial charge on any atom is 0.144 e. The maximum atomic E-state index is 13.1. The molecule has 21 heavy (non-hydrogen) atoms. The highest BCUT2D eigenvalue weighted by Crippen LogP contribution is 2.73. The minimum absolute atomic E-state index is 0.00963. The molecular weight excluding hydrogens is 270 g/mol. The van der Waals surface area contributed by atoms with Crippen molar-refractivity contribution in [1.29, 1.82) is 0 Å². The highest BCUT2D eigenvalue weighted by Gasteiger charge is 2.82. The van der Waals surface area contributed by atoms with Gasteiger partial charge in [0.05, 0.1) is 23.2 Å². The van der Waals surface area contributed by atoms with E-state index in [-0.39, 0.29) is 36.1 Å². The summed E-state index contributed by atoms with van der Waals surface area (Å²) >= 11 is 0. The SMILES string of the molecule is CC1(O)CC(=O)[C@]23CCC4N5CCC(O5)[C@@]42C(=O)CC3C1. The molecule has 3 saturated carbocycles. The summed E-state index contributed by atoms with van der Waals surface area (Å²) in [7, 11) is 0. The van der Waals surface area contributed by atoms with E-state index >= 15 is 0 Å². The van der Waals surface area contributed by atoms with Crippen LogP contribution >= 0.6 is 0 Å². The Labute approximate surface area is 123 Å². The largest absolute Gasteiger partial charge is 0.390 e. The number of nitrogens with zero attached hydrogens (tertiary/aromatic N) is 1. The second-order valence-corrected chi connectivity index (χ2v) is 8.04. The molecule has 0 aromatic carbocycles. The molecule has 0 radical (unpaired) electrons. The van der Waals surface area contributed by atoms with Gasteiger partial charge in [-0.15, -0.1) is 0 Å². The van der Waals surface area contributed by atoms with Gasteiger partial charge in [0.25, 0.3) is 0 Å². The average Bonchev–Trinajstić information content (AvgIpc) is 3.08. The molecule has 2 spiro atoms. The summed E-state index contributed by atoms with van der Waals surface area (Å²) in [5.74, 6) is 0.359. The highest BCUT2D eigenvalue weighted by molar-refractivity contribution is 6.02. The van der Waals surface area contributed by atoms with Crippen molar-refractivity contribution in [3.05, 3.63) is 0 Å². The third kappa shape index (κ3) is 1.12. The fourth-order valence-electron chi connectivity index (χ4n) is 6.70. The van der Waals surface area contributed by atoms with Crippen molar-refractivity contribution in [3.63, 3.8) is 0 Å². The summed E-state index contributed by atoms with van der Waals surface area (Å²) in [6.45, 7) is 2.62. The molecule has 5 unspecified atom stereocenters. The molecule has 5 aliphatic rings. The molecular formula is C16H21NO4. The molecule has 114 valence electrons. The van der Waals surface area contributed by atoms with Crippen molar-refractivity contribution in [2.45, 2.75) is 63.2 Å². The lowest BCUT2D eigenvalue weighted by Crippen LogP contribution is -2.60. The van der Waals surface area contributed by atoms with Crippen molar-refractivity contribution < 1.29 is 19.5 Å². The molecule has 1 N–H and O–H groups in total. The minimum atomic E-state index is -0.949. The molecule has 5 fully saturated rings. The Morgan fingerprint density at radius 1 is 1.29 bits per heavy atom. The third-order valence-corrected chi connectivity index (χ3v) is 7.12. The Hall–Kier alpha value is -0.780. The fourth-order valence-corrected chi connectivity index (χ4v) is 6.70. The number of hydrogen-bond acceptors (Lipinski definition) is 5. The van der Waals surface area contributed by atoms with Crippen molar-refractivity contribution >= 4 is 11.6 Å². The van der Waals surface area contributed by atoms with E-state index in [0.717, 1.165) is 25.8 Å². The Bertz CT molecular complexity index is 573. The van der Waals surface area contributed by atoms with Gasteiger partial charge < -0.3 is 5.11 Å². The number of Topliss-reactive ketones (excluding diaryl/α,β-unsaturated/α-hetero) is 2. The first-order valence-electron chi connectivity index (χ1n) is 8.14. The summed E-state index contributed by atoms with van der Waals surface area (Å²) in [4.78, 5) is 32.1. The average molecular weight is 291 g/mol. The van der Waals surface area contributed by atoms with Gasteiger partial charge in [0.15, 0.2) is 0 Å². The lowest BCUT2D eigenvalue weighted by molar-refractivity contribution is -0.160. The van der Waals surface area contributed by atoms with Gasteiger partial charge in [-0.1, -0.05) is 0 Å². The molecule has 0 aromatic heterocycles. The van der Waals surface area contributed by atoms with E-state index in [1.807, 2.05) is 5.06 Å². The Balaban J connectivity index is 1.71. The zero-order valence-electron chi connectivity index (χ0n) is 12.3. The number of aliphatic hydroxyl groups is 1. The van der Waals surface area contributed by atoms with Crippen LogP contribution in [-0.4, -0.2) is 46.0 Å². The molecule has 2 saturated heterocycles. The quantitative estimate of drug-likeness (QED) is 0.716. The van der Waals surface area contributed by atoms with Gasteiger partial charge in [0.1, 0.15) is 11.6 Å². The summed E-state index contributed by atoms with van der Waals surface area (Å²) < 4.78 is 0. The van der Waals surface area contributed by atoms with Crippen LogP contribution < -0.4 is 0 Å². The van der Waals surface area contributed by atoms with Gasteiger partial charge in [-0.2, -0.15) is 5.06 Å². The number of carbonyl (C=O) groups excluding carboxylic acids is 2. The number of piperidine rings is 1. The summed E-state index contributed by atoms with van der Waals surface area (Å²) in [6.07, 6.45) is 3.66. The van der Waals surface area contributed by atoms with Crippen LogP contribution in [0.2, 0.25) is 0 Å². The van der Waals surface area contributed by atoms with E-state index in [2.05, 4.69) is 0 Å². The normalized spacial score (nSPS) is 61.0. The number of rotatable bonds is 0. The van der Waals surface area contributed by atoms with Gasteiger partial charge in [0.2, 0.25) is 0 Å². The number of fused-ring (bicyclic) bond motifs is 3. The van der Waals surface area contributed by atoms with Crippen LogP contribution in [0, 0.1) is 16.7 Å². The van der Waals surface area contributed by atoms with Gasteiger partial charge >= 0.3 is 0 Å². The lowest BCUT2D eigenvalue weighted by atomic mass is 9.53. The topological polar surface area (TPSA) is 66.8 Å². The Morgan fingerprint density at radius 2 is 2.10 bits per heavy atom. The van der Waals surface area contributed by atoms with Crippen LogP contribution in [0.1, 0.15) is 45.4 Å². The third-order valence-electron chi connectivity index (χ3n) is 7.12. The summed E-state index contributed by atoms with van der Waals surface area (Å²) in [5, 5.41) is 12.4. The molecule has 2 bridgehead atoms. The van der Waals surface area contributed by atoms with Crippen molar-refractivity contribution in [3.8, 4) is 0 Å². The highest BCUT2D eigenvalue weighted by atomic mass is 16.7.